The van der Waals surface area contributed by atoms with Crippen LogP contribution in [0.4, 0.5) is 0 Å². The maximum atomic E-state index is 9.29. The molecule has 0 saturated heterocycles. The van der Waals surface area contributed by atoms with Crippen molar-refractivity contribution in [3.05, 3.63) is 157 Å². The first-order chi connectivity index (χ1) is 22.8. The molecule has 3 heteroatoms. The van der Waals surface area contributed by atoms with Gasteiger partial charge in [-0.1, -0.05) is 121 Å². The zero-order valence-electron chi connectivity index (χ0n) is 24.8. The molecule has 0 radical (unpaired) electrons. The van der Waals surface area contributed by atoms with Gasteiger partial charge < -0.3 is 0 Å². The predicted molar refractivity (Wildman–Crippen MR) is 191 cm³/mol. The average Bonchev–Trinajstić information content (AvgIpc) is 3.13. The number of nitriles is 1. The van der Waals surface area contributed by atoms with Gasteiger partial charge in [0, 0.05) is 38.7 Å². The Morgan fingerprint density at radius 3 is 1.93 bits per heavy atom. The van der Waals surface area contributed by atoms with Crippen LogP contribution < -0.4 is 0 Å². The summed E-state index contributed by atoms with van der Waals surface area (Å²) >= 11 is 0. The van der Waals surface area contributed by atoms with Crippen molar-refractivity contribution in [3.63, 3.8) is 0 Å². The first kappa shape index (κ1) is 26.1. The summed E-state index contributed by atoms with van der Waals surface area (Å²) in [7, 11) is 0. The summed E-state index contributed by atoms with van der Waals surface area (Å²) in [6.45, 7) is 0. The maximum absolute atomic E-state index is 9.29. The monoisotopic (exact) mass is 583 g/mol. The lowest BCUT2D eigenvalue weighted by molar-refractivity contribution is 1.42. The van der Waals surface area contributed by atoms with Crippen molar-refractivity contribution >= 4 is 54.1 Å². The van der Waals surface area contributed by atoms with Gasteiger partial charge in [-0.25, -0.2) is 4.98 Å². The molecule has 46 heavy (non-hydrogen) atoms. The minimum absolute atomic E-state index is 0.660. The van der Waals surface area contributed by atoms with E-state index in [1.54, 1.807) is 0 Å². The standard InChI is InChI=1S/C43H25N3/c44-26-27-12-14-28(15-13-27)33-22-23-34(36-11-5-4-10-35(33)36)32-19-20-37-39(25-32)46-42(30-7-2-1-3-8-30)38-21-18-29-16-17-31-9-6-24-45-43(31)40(29)41(37)38/h1-25H. The largest absolute Gasteiger partial charge is 0.256 e. The summed E-state index contributed by atoms with van der Waals surface area (Å²) in [5.41, 5.74) is 9.18. The van der Waals surface area contributed by atoms with E-state index in [2.05, 4.69) is 115 Å². The SMILES string of the molecule is N#Cc1ccc(-c2ccc(-c3ccc4c(c3)nc(-c3ccccc3)c3ccc5ccc6cccnc6c5c34)c3ccccc23)cc1. The number of hydrogen-bond donors (Lipinski definition) is 0. The normalized spacial score (nSPS) is 11.5. The fourth-order valence-electron chi connectivity index (χ4n) is 6.96. The van der Waals surface area contributed by atoms with Crippen LogP contribution >= 0.6 is 0 Å². The van der Waals surface area contributed by atoms with Crippen LogP contribution in [-0.2, 0) is 0 Å². The quantitative estimate of drug-likeness (QED) is 0.194. The minimum Gasteiger partial charge on any atom is -0.256 e. The topological polar surface area (TPSA) is 49.6 Å². The molecule has 2 heterocycles. The number of pyridine rings is 2. The molecular formula is C43H25N3. The van der Waals surface area contributed by atoms with E-state index in [0.29, 0.717) is 5.56 Å². The number of fused-ring (bicyclic) bond motifs is 8. The number of hydrogen-bond acceptors (Lipinski definition) is 3. The van der Waals surface area contributed by atoms with Crippen LogP contribution in [0.2, 0.25) is 0 Å². The third-order valence-electron chi connectivity index (χ3n) is 9.12. The van der Waals surface area contributed by atoms with Crippen LogP contribution in [-0.4, -0.2) is 9.97 Å². The summed E-state index contributed by atoms with van der Waals surface area (Å²) in [4.78, 5) is 10.2. The molecule has 3 nitrogen and oxygen atoms in total. The molecule has 0 unspecified atom stereocenters. The number of aromatic nitrogens is 2. The van der Waals surface area contributed by atoms with Gasteiger partial charge in [0.1, 0.15) is 0 Å². The molecule has 0 atom stereocenters. The van der Waals surface area contributed by atoms with E-state index in [4.69, 9.17) is 9.97 Å². The third-order valence-corrected chi connectivity index (χ3v) is 9.12. The van der Waals surface area contributed by atoms with Crippen molar-refractivity contribution < 1.29 is 0 Å². The van der Waals surface area contributed by atoms with Gasteiger partial charge >= 0.3 is 0 Å². The number of benzene rings is 7. The van der Waals surface area contributed by atoms with Gasteiger partial charge in [-0.2, -0.15) is 5.26 Å². The fraction of sp³-hybridized carbons (Fsp3) is 0. The van der Waals surface area contributed by atoms with E-state index < -0.39 is 0 Å². The zero-order chi connectivity index (χ0) is 30.6. The highest BCUT2D eigenvalue weighted by Crippen LogP contribution is 2.42. The van der Waals surface area contributed by atoms with E-state index in [1.165, 1.54) is 21.5 Å². The van der Waals surface area contributed by atoms with E-state index >= 15 is 0 Å². The first-order valence-corrected chi connectivity index (χ1v) is 15.4. The molecule has 0 fully saturated rings. The van der Waals surface area contributed by atoms with Crippen molar-refractivity contribution in [1.29, 1.82) is 5.26 Å². The van der Waals surface area contributed by atoms with Gasteiger partial charge in [0.05, 0.1) is 28.4 Å². The van der Waals surface area contributed by atoms with Gasteiger partial charge in [-0.15, -0.1) is 0 Å². The second-order valence-corrected chi connectivity index (χ2v) is 11.7. The fourth-order valence-corrected chi connectivity index (χ4v) is 6.96. The highest BCUT2D eigenvalue weighted by Gasteiger charge is 2.17. The Kier molecular flexibility index (Phi) is 5.88. The van der Waals surface area contributed by atoms with Crippen molar-refractivity contribution in [2.24, 2.45) is 0 Å². The second-order valence-electron chi connectivity index (χ2n) is 11.7. The van der Waals surface area contributed by atoms with Crippen LogP contribution in [0.3, 0.4) is 0 Å². The Hall–Kier alpha value is -6.37. The van der Waals surface area contributed by atoms with Crippen LogP contribution in [0.1, 0.15) is 5.56 Å². The molecule has 2 aromatic heterocycles. The van der Waals surface area contributed by atoms with E-state index in [0.717, 1.165) is 66.1 Å². The molecule has 0 amide bonds. The van der Waals surface area contributed by atoms with E-state index in [-0.39, 0.29) is 0 Å². The van der Waals surface area contributed by atoms with Crippen molar-refractivity contribution in [1.82, 2.24) is 9.97 Å². The predicted octanol–water partition coefficient (Wildman–Crippen LogP) is 11.1. The van der Waals surface area contributed by atoms with Gasteiger partial charge in [0.15, 0.2) is 0 Å². The Bertz CT molecular complexity index is 2690. The molecular weight excluding hydrogens is 558 g/mol. The summed E-state index contributed by atoms with van der Waals surface area (Å²) in [5.74, 6) is 0. The van der Waals surface area contributed by atoms with Gasteiger partial charge in [-0.3, -0.25) is 4.98 Å². The lowest BCUT2D eigenvalue weighted by Gasteiger charge is -2.16. The van der Waals surface area contributed by atoms with E-state index in [1.807, 2.05) is 42.6 Å². The number of rotatable bonds is 3. The van der Waals surface area contributed by atoms with Crippen LogP contribution in [0, 0.1) is 11.3 Å². The van der Waals surface area contributed by atoms with Gasteiger partial charge in [-0.05, 0) is 62.7 Å². The number of nitrogens with zero attached hydrogens (tertiary/aromatic N) is 3. The van der Waals surface area contributed by atoms with Crippen LogP contribution in [0.25, 0.3) is 87.6 Å². The molecule has 212 valence electrons. The first-order valence-electron chi connectivity index (χ1n) is 15.4. The lowest BCUT2D eigenvalue weighted by Crippen LogP contribution is -1.93. The molecule has 9 rings (SSSR count). The molecule has 0 spiro atoms. The van der Waals surface area contributed by atoms with E-state index in [9.17, 15) is 5.26 Å². The van der Waals surface area contributed by atoms with Crippen molar-refractivity contribution in [2.45, 2.75) is 0 Å². The summed E-state index contributed by atoms with van der Waals surface area (Å²) < 4.78 is 0. The minimum atomic E-state index is 0.660. The lowest BCUT2D eigenvalue weighted by atomic mass is 9.90. The Labute approximate surface area is 265 Å². The molecule has 7 aromatic carbocycles. The Balaban J connectivity index is 1.33. The summed E-state index contributed by atoms with van der Waals surface area (Å²) in [6, 6.07) is 53.0. The maximum Gasteiger partial charge on any atom is 0.0991 e. The molecule has 0 aliphatic carbocycles. The highest BCUT2D eigenvalue weighted by atomic mass is 14.7. The average molecular weight is 584 g/mol. The van der Waals surface area contributed by atoms with Crippen LogP contribution in [0.15, 0.2) is 152 Å². The Morgan fingerprint density at radius 2 is 1.15 bits per heavy atom. The zero-order valence-corrected chi connectivity index (χ0v) is 24.8. The molecule has 9 aromatic rings. The molecule has 0 aliphatic heterocycles. The van der Waals surface area contributed by atoms with Crippen molar-refractivity contribution in [2.75, 3.05) is 0 Å². The molecule has 0 bridgehead atoms. The second kappa shape index (κ2) is 10.4. The Morgan fingerprint density at radius 1 is 0.478 bits per heavy atom. The third kappa shape index (κ3) is 4.05. The smallest absolute Gasteiger partial charge is 0.0991 e. The summed E-state index contributed by atoms with van der Waals surface area (Å²) in [5, 5.41) is 18.5. The molecule has 0 N–H and O–H groups in total. The van der Waals surface area contributed by atoms with Gasteiger partial charge in [0.2, 0.25) is 0 Å². The van der Waals surface area contributed by atoms with Crippen LogP contribution in [0.5, 0.6) is 0 Å². The summed E-state index contributed by atoms with van der Waals surface area (Å²) in [6.07, 6.45) is 1.88. The molecule has 0 saturated carbocycles. The molecule has 0 aliphatic rings. The highest BCUT2D eigenvalue weighted by molar-refractivity contribution is 6.28. The van der Waals surface area contributed by atoms with Crippen molar-refractivity contribution in [3.8, 4) is 39.6 Å². The van der Waals surface area contributed by atoms with Gasteiger partial charge in [0.25, 0.3) is 0 Å².